The summed E-state index contributed by atoms with van der Waals surface area (Å²) in [5.74, 6) is 7.46. The second-order valence-corrected chi connectivity index (χ2v) is 5.72. The van der Waals surface area contributed by atoms with Gasteiger partial charge in [-0.1, -0.05) is 52.4 Å². The molecule has 3 N–H and O–H groups in total. The molecule has 2 atom stereocenters. The molecule has 0 radical (unpaired) electrons. The minimum Gasteiger partial charge on any atom is -0.271 e. The Morgan fingerprint density at radius 2 is 1.94 bits per heavy atom. The molecule has 0 aromatic carbocycles. The summed E-state index contributed by atoms with van der Waals surface area (Å²) in [6, 6.07) is 0.544. The van der Waals surface area contributed by atoms with E-state index in [1.54, 1.807) is 0 Å². The zero-order chi connectivity index (χ0) is 11.8. The van der Waals surface area contributed by atoms with Crippen LogP contribution in [0.5, 0.6) is 0 Å². The second kappa shape index (κ2) is 8.08. The fourth-order valence-corrected chi connectivity index (χ4v) is 3.10. The molecule has 0 saturated heterocycles. The molecule has 2 unspecified atom stereocenters. The highest BCUT2D eigenvalue weighted by Crippen LogP contribution is 2.29. The smallest absolute Gasteiger partial charge is 0.0213 e. The van der Waals surface area contributed by atoms with Crippen molar-refractivity contribution < 1.29 is 0 Å². The van der Waals surface area contributed by atoms with Crippen LogP contribution in [-0.4, -0.2) is 6.04 Å². The molecule has 1 aliphatic carbocycles. The topological polar surface area (TPSA) is 38.0 Å². The van der Waals surface area contributed by atoms with Gasteiger partial charge < -0.3 is 0 Å². The Hall–Kier alpha value is -0.0800. The summed E-state index contributed by atoms with van der Waals surface area (Å²) in [7, 11) is 0. The number of hydrogen-bond acceptors (Lipinski definition) is 2. The van der Waals surface area contributed by atoms with Crippen LogP contribution in [0.15, 0.2) is 0 Å². The van der Waals surface area contributed by atoms with E-state index >= 15 is 0 Å². The van der Waals surface area contributed by atoms with Gasteiger partial charge in [0.05, 0.1) is 0 Å². The second-order valence-electron chi connectivity index (χ2n) is 5.72. The van der Waals surface area contributed by atoms with Gasteiger partial charge in [0.2, 0.25) is 0 Å². The van der Waals surface area contributed by atoms with Crippen LogP contribution in [0.3, 0.4) is 0 Å². The van der Waals surface area contributed by atoms with Crippen LogP contribution < -0.4 is 11.3 Å². The predicted molar refractivity (Wildman–Crippen MR) is 71.0 cm³/mol. The Balaban J connectivity index is 2.14. The third-order valence-corrected chi connectivity index (χ3v) is 4.10. The van der Waals surface area contributed by atoms with Crippen molar-refractivity contribution in [3.8, 4) is 0 Å². The Morgan fingerprint density at radius 1 is 1.25 bits per heavy atom. The number of hydrogen-bond donors (Lipinski definition) is 2. The minimum atomic E-state index is 0.544. The Kier molecular flexibility index (Phi) is 7.06. The van der Waals surface area contributed by atoms with E-state index in [1.807, 2.05) is 0 Å². The maximum Gasteiger partial charge on any atom is 0.0213 e. The lowest BCUT2D eigenvalue weighted by Crippen LogP contribution is -2.36. The van der Waals surface area contributed by atoms with E-state index in [1.165, 1.54) is 57.8 Å². The SMILES string of the molecule is CCCC(C)CC(CCC1CCCC1)NN. The van der Waals surface area contributed by atoms with Gasteiger partial charge in [-0.2, -0.15) is 0 Å². The highest BCUT2D eigenvalue weighted by atomic mass is 15.2. The van der Waals surface area contributed by atoms with Crippen LogP contribution in [0.25, 0.3) is 0 Å². The quantitative estimate of drug-likeness (QED) is 0.490. The Labute approximate surface area is 101 Å². The van der Waals surface area contributed by atoms with Gasteiger partial charge in [-0.3, -0.25) is 11.3 Å². The molecule has 96 valence electrons. The van der Waals surface area contributed by atoms with Crippen LogP contribution in [0, 0.1) is 11.8 Å². The summed E-state index contributed by atoms with van der Waals surface area (Å²) in [6.07, 6.45) is 12.4. The molecule has 1 aliphatic rings. The van der Waals surface area contributed by atoms with Crippen molar-refractivity contribution in [1.29, 1.82) is 0 Å². The normalized spacial score (nSPS) is 21.2. The lowest BCUT2D eigenvalue weighted by molar-refractivity contribution is 0.342. The molecule has 0 aromatic rings. The monoisotopic (exact) mass is 226 g/mol. The third-order valence-electron chi connectivity index (χ3n) is 4.10. The van der Waals surface area contributed by atoms with Crippen molar-refractivity contribution in [2.45, 2.75) is 77.7 Å². The predicted octanol–water partition coefficient (Wildman–Crippen LogP) is 3.62. The third kappa shape index (κ3) is 5.31. The standard InChI is InChI=1S/C14H30N2/c1-3-6-12(2)11-14(16-15)10-9-13-7-4-5-8-13/h12-14,16H,3-11,15H2,1-2H3. The van der Waals surface area contributed by atoms with Crippen molar-refractivity contribution >= 4 is 0 Å². The van der Waals surface area contributed by atoms with Crippen LogP contribution in [-0.2, 0) is 0 Å². The number of nitrogens with two attached hydrogens (primary N) is 1. The molecule has 0 heterocycles. The number of rotatable bonds is 8. The van der Waals surface area contributed by atoms with E-state index in [4.69, 9.17) is 5.84 Å². The van der Waals surface area contributed by atoms with Gasteiger partial charge in [0.1, 0.15) is 0 Å². The van der Waals surface area contributed by atoms with E-state index in [-0.39, 0.29) is 0 Å². The first-order valence-electron chi connectivity index (χ1n) is 7.22. The minimum absolute atomic E-state index is 0.544. The molecule has 0 amide bonds. The number of nitrogens with one attached hydrogen (secondary N) is 1. The van der Waals surface area contributed by atoms with E-state index in [0.717, 1.165) is 11.8 Å². The molecular formula is C14H30N2. The lowest BCUT2D eigenvalue weighted by Gasteiger charge is -2.21. The van der Waals surface area contributed by atoms with Crippen LogP contribution in [0.2, 0.25) is 0 Å². The molecular weight excluding hydrogens is 196 g/mol. The first kappa shape index (κ1) is 14.0. The molecule has 1 saturated carbocycles. The van der Waals surface area contributed by atoms with Crippen LogP contribution >= 0.6 is 0 Å². The number of hydrazine groups is 1. The van der Waals surface area contributed by atoms with Gasteiger partial charge in [-0.25, -0.2) is 0 Å². The molecule has 0 aliphatic heterocycles. The van der Waals surface area contributed by atoms with Gasteiger partial charge in [-0.15, -0.1) is 0 Å². The summed E-state index contributed by atoms with van der Waals surface area (Å²) < 4.78 is 0. The summed E-state index contributed by atoms with van der Waals surface area (Å²) in [5.41, 5.74) is 3.02. The molecule has 2 heteroatoms. The largest absolute Gasteiger partial charge is 0.271 e. The van der Waals surface area contributed by atoms with Gasteiger partial charge >= 0.3 is 0 Å². The molecule has 1 fully saturated rings. The first-order valence-corrected chi connectivity index (χ1v) is 7.22. The Morgan fingerprint density at radius 3 is 2.50 bits per heavy atom. The van der Waals surface area contributed by atoms with Gasteiger partial charge in [0, 0.05) is 6.04 Å². The Bertz CT molecular complexity index is 164. The highest BCUT2D eigenvalue weighted by Gasteiger charge is 2.18. The zero-order valence-corrected chi connectivity index (χ0v) is 11.2. The zero-order valence-electron chi connectivity index (χ0n) is 11.2. The highest BCUT2D eigenvalue weighted by molar-refractivity contribution is 4.73. The van der Waals surface area contributed by atoms with Gasteiger partial charge in [0.25, 0.3) is 0 Å². The first-order chi connectivity index (χ1) is 7.76. The average molecular weight is 226 g/mol. The van der Waals surface area contributed by atoms with E-state index in [0.29, 0.717) is 6.04 Å². The molecule has 0 aromatic heterocycles. The summed E-state index contributed by atoms with van der Waals surface area (Å²) in [6.45, 7) is 4.61. The fraction of sp³-hybridized carbons (Fsp3) is 1.00. The maximum atomic E-state index is 5.65. The molecule has 1 rings (SSSR count). The van der Waals surface area contributed by atoms with Crippen molar-refractivity contribution in [3.05, 3.63) is 0 Å². The maximum absolute atomic E-state index is 5.65. The fourth-order valence-electron chi connectivity index (χ4n) is 3.10. The van der Waals surface area contributed by atoms with Crippen LogP contribution in [0.1, 0.15) is 71.6 Å². The van der Waals surface area contributed by atoms with Crippen molar-refractivity contribution in [2.75, 3.05) is 0 Å². The lowest BCUT2D eigenvalue weighted by atomic mass is 9.92. The summed E-state index contributed by atoms with van der Waals surface area (Å²) >= 11 is 0. The summed E-state index contributed by atoms with van der Waals surface area (Å²) in [4.78, 5) is 0. The van der Waals surface area contributed by atoms with E-state index in [9.17, 15) is 0 Å². The molecule has 2 nitrogen and oxygen atoms in total. The van der Waals surface area contributed by atoms with Crippen molar-refractivity contribution in [2.24, 2.45) is 17.7 Å². The van der Waals surface area contributed by atoms with Crippen molar-refractivity contribution in [1.82, 2.24) is 5.43 Å². The van der Waals surface area contributed by atoms with E-state index < -0.39 is 0 Å². The molecule has 0 spiro atoms. The summed E-state index contributed by atoms with van der Waals surface area (Å²) in [5, 5.41) is 0. The molecule has 0 bridgehead atoms. The van der Waals surface area contributed by atoms with Gasteiger partial charge in [-0.05, 0) is 31.1 Å². The van der Waals surface area contributed by atoms with Gasteiger partial charge in [0.15, 0.2) is 0 Å². The van der Waals surface area contributed by atoms with Crippen LogP contribution in [0.4, 0.5) is 0 Å². The van der Waals surface area contributed by atoms with E-state index in [2.05, 4.69) is 19.3 Å². The van der Waals surface area contributed by atoms with Crippen molar-refractivity contribution in [3.63, 3.8) is 0 Å². The molecule has 16 heavy (non-hydrogen) atoms. The average Bonchev–Trinajstić information content (AvgIpc) is 2.77.